The second-order valence-corrected chi connectivity index (χ2v) is 7.85. The summed E-state index contributed by atoms with van der Waals surface area (Å²) in [7, 11) is 0. The number of piperidine rings is 1. The van der Waals surface area contributed by atoms with Crippen LogP contribution < -0.4 is 0 Å². The van der Waals surface area contributed by atoms with E-state index in [-0.39, 0.29) is 0 Å². The quantitative estimate of drug-likeness (QED) is 0.852. The van der Waals surface area contributed by atoms with Gasteiger partial charge in [0.25, 0.3) is 0 Å². The van der Waals surface area contributed by atoms with Gasteiger partial charge >= 0.3 is 0 Å². The molecule has 2 aliphatic heterocycles. The summed E-state index contributed by atoms with van der Waals surface area (Å²) in [6.45, 7) is 4.65. The second-order valence-electron chi connectivity index (χ2n) is 6.95. The van der Waals surface area contributed by atoms with Crippen LogP contribution >= 0.6 is 11.3 Å². The highest BCUT2D eigenvalue weighted by Gasteiger charge is 2.27. The van der Waals surface area contributed by atoms with E-state index in [0.29, 0.717) is 24.3 Å². The van der Waals surface area contributed by atoms with Crippen molar-refractivity contribution >= 4 is 22.1 Å². The van der Waals surface area contributed by atoms with Gasteiger partial charge in [0.1, 0.15) is 10.7 Å². The number of carbonyl (C=O) groups is 1. The lowest BCUT2D eigenvalue weighted by atomic mass is 9.93. The molecule has 0 bridgehead atoms. The Morgan fingerprint density at radius 2 is 2.21 bits per heavy atom. The number of fused-ring (bicyclic) bond motifs is 1. The minimum absolute atomic E-state index is 0.297. The Kier molecular flexibility index (Phi) is 4.59. The molecule has 1 amide bonds. The molecule has 2 saturated heterocycles. The molecule has 4 heterocycles. The number of nitrogens with zero attached hydrogens (tertiary/aromatic N) is 3. The zero-order valence-corrected chi connectivity index (χ0v) is 15.1. The number of thiazole rings is 1. The lowest BCUT2D eigenvalue weighted by molar-refractivity contribution is -0.132. The highest BCUT2D eigenvalue weighted by atomic mass is 32.1. The Bertz CT molecular complexity index is 709. The Hall–Kier alpha value is -1.40. The molecular formula is C18H25N3O2S. The van der Waals surface area contributed by atoms with Crippen molar-refractivity contribution in [3.63, 3.8) is 0 Å². The first-order chi connectivity index (χ1) is 11.7. The maximum atomic E-state index is 12.4. The van der Waals surface area contributed by atoms with Crippen LogP contribution in [0.3, 0.4) is 0 Å². The third kappa shape index (κ3) is 3.09. The van der Waals surface area contributed by atoms with Gasteiger partial charge in [-0.05, 0) is 39.0 Å². The van der Waals surface area contributed by atoms with E-state index in [2.05, 4.69) is 22.9 Å². The molecule has 0 aliphatic carbocycles. The molecule has 0 N–H and O–H groups in total. The van der Waals surface area contributed by atoms with Gasteiger partial charge < -0.3 is 9.64 Å². The number of rotatable bonds is 4. The molecular weight excluding hydrogens is 322 g/mol. The van der Waals surface area contributed by atoms with Crippen molar-refractivity contribution in [2.45, 2.75) is 57.5 Å². The average Bonchev–Trinajstić information content (AvgIpc) is 3.33. The predicted molar refractivity (Wildman–Crippen MR) is 94.6 cm³/mol. The molecule has 2 aliphatic rings. The number of imidazole rings is 1. The van der Waals surface area contributed by atoms with Crippen molar-refractivity contribution < 1.29 is 9.53 Å². The number of carbonyl (C=O) groups excluding carboxylic acids is 1. The van der Waals surface area contributed by atoms with E-state index >= 15 is 0 Å². The Morgan fingerprint density at radius 1 is 1.38 bits per heavy atom. The van der Waals surface area contributed by atoms with Crippen LogP contribution in [0.5, 0.6) is 0 Å². The third-order valence-electron chi connectivity index (χ3n) is 5.40. The molecule has 2 aromatic rings. The molecule has 5 nitrogen and oxygen atoms in total. The fourth-order valence-corrected chi connectivity index (χ4v) is 4.93. The monoisotopic (exact) mass is 347 g/mol. The summed E-state index contributed by atoms with van der Waals surface area (Å²) >= 11 is 1.76. The summed E-state index contributed by atoms with van der Waals surface area (Å²) in [6, 6.07) is 0. The number of ether oxygens (including phenoxy) is 1. The van der Waals surface area contributed by atoms with E-state index in [4.69, 9.17) is 9.72 Å². The number of likely N-dealkylation sites (tertiary alicyclic amines) is 1. The van der Waals surface area contributed by atoms with Gasteiger partial charge in [0.05, 0.1) is 11.8 Å². The van der Waals surface area contributed by atoms with Gasteiger partial charge in [0.2, 0.25) is 5.91 Å². The summed E-state index contributed by atoms with van der Waals surface area (Å²) < 4.78 is 7.80. The first-order valence-corrected chi connectivity index (χ1v) is 9.92. The Morgan fingerprint density at radius 3 is 2.96 bits per heavy atom. The average molecular weight is 347 g/mol. The Balaban J connectivity index is 1.33. The topological polar surface area (TPSA) is 46.8 Å². The zero-order valence-electron chi connectivity index (χ0n) is 14.2. The van der Waals surface area contributed by atoms with Gasteiger partial charge in [-0.3, -0.25) is 9.20 Å². The standard InChI is InChI=1S/C18H25N3O2S/c1-13-19-17(18-21(13)10-12-24-18)14-6-8-20(9-7-14)16(22)5-4-15-3-2-11-23-15/h10,12,14-15H,2-9,11H2,1H3/t15-/m1/s1. The molecule has 6 heteroatoms. The summed E-state index contributed by atoms with van der Waals surface area (Å²) in [5, 5.41) is 2.12. The molecule has 2 aromatic heterocycles. The smallest absolute Gasteiger partial charge is 0.222 e. The normalized spacial score (nSPS) is 22.5. The third-order valence-corrected chi connectivity index (χ3v) is 6.28. The second kappa shape index (κ2) is 6.84. The van der Waals surface area contributed by atoms with E-state index in [0.717, 1.165) is 57.6 Å². The lowest BCUT2D eigenvalue weighted by Gasteiger charge is -2.31. The van der Waals surface area contributed by atoms with Crippen LogP contribution in [-0.4, -0.2) is 46.0 Å². The summed E-state index contributed by atoms with van der Waals surface area (Å²) in [4.78, 5) is 20.5. The predicted octanol–water partition coefficient (Wildman–Crippen LogP) is 3.37. The fourth-order valence-electron chi connectivity index (χ4n) is 3.98. The lowest BCUT2D eigenvalue weighted by Crippen LogP contribution is -2.38. The number of amides is 1. The minimum atomic E-state index is 0.297. The number of hydrogen-bond acceptors (Lipinski definition) is 4. The first-order valence-electron chi connectivity index (χ1n) is 9.04. The highest BCUT2D eigenvalue weighted by Crippen LogP contribution is 2.33. The largest absolute Gasteiger partial charge is 0.378 e. The maximum Gasteiger partial charge on any atom is 0.222 e. The summed E-state index contributed by atoms with van der Waals surface area (Å²) in [6.07, 6.45) is 8.23. The molecule has 24 heavy (non-hydrogen) atoms. The van der Waals surface area contributed by atoms with Gasteiger partial charge in [0.15, 0.2) is 0 Å². The minimum Gasteiger partial charge on any atom is -0.378 e. The van der Waals surface area contributed by atoms with E-state index in [1.165, 1.54) is 10.5 Å². The van der Waals surface area contributed by atoms with Crippen LogP contribution in [0.2, 0.25) is 0 Å². The van der Waals surface area contributed by atoms with E-state index in [9.17, 15) is 4.79 Å². The van der Waals surface area contributed by atoms with Crippen molar-refractivity contribution in [3.05, 3.63) is 23.1 Å². The van der Waals surface area contributed by atoms with E-state index < -0.39 is 0 Å². The molecule has 0 aromatic carbocycles. The fraction of sp³-hybridized carbons (Fsp3) is 0.667. The summed E-state index contributed by atoms with van der Waals surface area (Å²) in [5.41, 5.74) is 1.23. The highest BCUT2D eigenvalue weighted by molar-refractivity contribution is 7.15. The Labute approximate surface area is 146 Å². The number of hydrogen-bond donors (Lipinski definition) is 0. The molecule has 0 saturated carbocycles. The maximum absolute atomic E-state index is 12.4. The molecule has 1 atom stereocenters. The van der Waals surface area contributed by atoms with Gasteiger partial charge in [-0.15, -0.1) is 11.3 Å². The van der Waals surface area contributed by atoms with Crippen molar-refractivity contribution in [2.75, 3.05) is 19.7 Å². The van der Waals surface area contributed by atoms with Gasteiger partial charge in [-0.1, -0.05) is 0 Å². The zero-order chi connectivity index (χ0) is 16.5. The number of aromatic nitrogens is 2. The molecule has 0 radical (unpaired) electrons. The van der Waals surface area contributed by atoms with Crippen LogP contribution in [0.15, 0.2) is 11.6 Å². The van der Waals surface area contributed by atoms with Gasteiger partial charge in [-0.25, -0.2) is 4.98 Å². The van der Waals surface area contributed by atoms with E-state index in [1.807, 2.05) is 4.90 Å². The van der Waals surface area contributed by atoms with Gasteiger partial charge in [-0.2, -0.15) is 0 Å². The van der Waals surface area contributed by atoms with Crippen LogP contribution in [0.1, 0.15) is 56.0 Å². The van der Waals surface area contributed by atoms with Crippen molar-refractivity contribution in [2.24, 2.45) is 0 Å². The molecule has 4 rings (SSSR count). The SMILES string of the molecule is Cc1nc(C2CCN(C(=O)CC[C@H]3CCCO3)CC2)c2sccn12. The van der Waals surface area contributed by atoms with Crippen LogP contribution in [-0.2, 0) is 9.53 Å². The molecule has 130 valence electrons. The van der Waals surface area contributed by atoms with Crippen LogP contribution in [0, 0.1) is 6.92 Å². The van der Waals surface area contributed by atoms with Gasteiger partial charge in [0, 0.05) is 43.6 Å². The van der Waals surface area contributed by atoms with Crippen molar-refractivity contribution in [1.29, 1.82) is 0 Å². The molecule has 2 fully saturated rings. The van der Waals surface area contributed by atoms with Crippen molar-refractivity contribution in [1.82, 2.24) is 14.3 Å². The van der Waals surface area contributed by atoms with Crippen molar-refractivity contribution in [3.8, 4) is 0 Å². The summed E-state index contributed by atoms with van der Waals surface area (Å²) in [5.74, 6) is 1.84. The molecule has 0 unspecified atom stereocenters. The van der Waals surface area contributed by atoms with Crippen LogP contribution in [0.25, 0.3) is 4.83 Å². The number of aryl methyl sites for hydroxylation is 1. The first kappa shape index (κ1) is 16.1. The molecule has 0 spiro atoms. The van der Waals surface area contributed by atoms with E-state index in [1.54, 1.807) is 11.3 Å². The van der Waals surface area contributed by atoms with Crippen LogP contribution in [0.4, 0.5) is 0 Å².